The number of carbonyl (C=O) groups is 3. The number of hydrogen-bond donors (Lipinski definition) is 9. The number of nitrogens with one attached hydrogen (secondary N) is 3. The lowest BCUT2D eigenvalue weighted by atomic mass is 9.68. The Labute approximate surface area is 452 Å². The van der Waals surface area contributed by atoms with E-state index in [0.29, 0.717) is 12.0 Å². The number of ether oxygens (including phenoxy) is 2. The molecule has 2 aromatic heterocycles. The number of nitrogens with zero attached hydrogens (tertiary/aromatic N) is 6. The number of hydrogen-bond acceptors (Lipinski definition) is 17. The second-order valence-corrected chi connectivity index (χ2v) is 25.4. The summed E-state index contributed by atoms with van der Waals surface area (Å²) in [5.74, 6) is -0.922. The molecule has 0 bridgehead atoms. The first-order chi connectivity index (χ1) is 36.7. The SMILES string of the molecule is CC[N+]1=c2cc3c(cc2CCC1)=C(c1ccccc1C(=O)N(C)CCCC(=O)NCCNC(=O)O[C@H]1[C@@H](O)[C@H](n2cnc4c(=O)[nH]c(N)nc42)O[C@@H]1COP(=O)(O)OP(=O)(O)OP(O)(O)=S)c1ccc(N(C)C)cc1C3(C)C. The Kier molecular flexibility index (Phi) is 17.3. The van der Waals surface area contributed by atoms with Crippen molar-refractivity contribution in [2.45, 2.75) is 76.4 Å². The number of phosphoric acid groups is 2. The summed E-state index contributed by atoms with van der Waals surface area (Å²) >= 11 is 4.10. The highest BCUT2D eigenvalue weighted by atomic mass is 32.5. The molecule has 5 aromatic rings. The van der Waals surface area contributed by atoms with Crippen molar-refractivity contribution >= 4 is 80.5 Å². The number of nitrogen functional groups attached to an aromatic ring is 1. The molecule has 1 saturated heterocycles. The number of fused-ring (bicyclic) bond motifs is 4. The van der Waals surface area contributed by atoms with Crippen molar-refractivity contribution in [2.24, 2.45) is 0 Å². The summed E-state index contributed by atoms with van der Waals surface area (Å²) in [6.07, 6.45) is -4.62. The topological polar surface area (TPSA) is 356 Å². The van der Waals surface area contributed by atoms with Crippen molar-refractivity contribution < 1.29 is 70.8 Å². The number of carbonyl (C=O) groups excluding carboxylic acids is 3. The zero-order valence-electron chi connectivity index (χ0n) is 43.4. The molecule has 2 unspecified atom stereocenters. The normalized spacial score (nSPS) is 20.2. The van der Waals surface area contributed by atoms with Gasteiger partial charge in [-0.3, -0.25) is 28.5 Å². The van der Waals surface area contributed by atoms with E-state index in [9.17, 15) is 53.0 Å². The average Bonchev–Trinajstić information content (AvgIpc) is 3.95. The Hall–Kier alpha value is -5.76. The molecule has 2 aliphatic heterocycles. The van der Waals surface area contributed by atoms with Gasteiger partial charge in [-0.1, -0.05) is 38.1 Å². The maximum absolute atomic E-state index is 14.5. The van der Waals surface area contributed by atoms with E-state index in [1.165, 1.54) is 16.5 Å². The van der Waals surface area contributed by atoms with Crippen LogP contribution in [0.1, 0.15) is 84.4 Å². The third-order valence-corrected chi connectivity index (χ3v) is 18.1. The van der Waals surface area contributed by atoms with E-state index in [1.807, 2.05) is 38.4 Å². The number of aromatic amines is 1. The van der Waals surface area contributed by atoms with Gasteiger partial charge in [0.05, 0.1) is 12.9 Å². The van der Waals surface area contributed by atoms with E-state index in [0.717, 1.165) is 70.0 Å². The van der Waals surface area contributed by atoms with E-state index in [1.54, 1.807) is 11.9 Å². The number of amides is 3. The van der Waals surface area contributed by atoms with Crippen LogP contribution in [-0.2, 0) is 60.2 Å². The molecule has 3 aliphatic rings. The predicted octanol–water partition coefficient (Wildman–Crippen LogP) is 1.59. The van der Waals surface area contributed by atoms with Gasteiger partial charge in [0.2, 0.25) is 17.2 Å². The van der Waals surface area contributed by atoms with Crippen LogP contribution in [0.4, 0.5) is 16.4 Å². The van der Waals surface area contributed by atoms with Gasteiger partial charge in [-0.25, -0.2) is 27.8 Å². The Balaban J connectivity index is 0.899. The highest BCUT2D eigenvalue weighted by Crippen LogP contribution is 2.66. The monoisotopic (exact) mass is 1160 g/mol. The maximum atomic E-state index is 14.5. The van der Waals surface area contributed by atoms with E-state index in [2.05, 4.69) is 107 Å². The van der Waals surface area contributed by atoms with E-state index in [-0.39, 0.29) is 60.4 Å². The Morgan fingerprint density at radius 1 is 1.00 bits per heavy atom. The molecule has 420 valence electrons. The van der Waals surface area contributed by atoms with Gasteiger partial charge in [0.25, 0.3) is 11.5 Å². The number of alkyl carbamates (subject to hydrolysis) is 1. The number of nitrogens with two attached hydrogens (primary N) is 1. The zero-order valence-corrected chi connectivity index (χ0v) is 46.9. The lowest BCUT2D eigenvalue weighted by Crippen LogP contribution is -2.43. The molecule has 1 aliphatic carbocycles. The Morgan fingerprint density at radius 3 is 2.45 bits per heavy atom. The zero-order chi connectivity index (χ0) is 56.6. The minimum Gasteiger partial charge on any atom is -0.440 e. The number of benzene rings is 3. The lowest BCUT2D eigenvalue weighted by Gasteiger charge is -2.36. The molecular formula is C48H62N10O16P3S+. The van der Waals surface area contributed by atoms with Crippen LogP contribution in [-0.4, -0.2) is 146 Å². The predicted molar refractivity (Wildman–Crippen MR) is 288 cm³/mol. The number of aromatic nitrogens is 4. The second-order valence-electron chi connectivity index (χ2n) is 19.6. The summed E-state index contributed by atoms with van der Waals surface area (Å²) in [4.78, 5) is 105. The smallest absolute Gasteiger partial charge is 0.440 e. The lowest BCUT2D eigenvalue weighted by molar-refractivity contribution is -0.121. The fraction of sp³-hybridized carbons (Fsp3) is 0.438. The number of rotatable bonds is 20. The number of aliphatic hydroxyl groups is 1. The molecule has 30 heteroatoms. The third kappa shape index (κ3) is 12.8. The first-order valence-electron chi connectivity index (χ1n) is 24.7. The molecule has 10 N–H and O–H groups in total. The highest BCUT2D eigenvalue weighted by molar-refractivity contribution is 8.08. The number of phosphoric ester groups is 1. The fourth-order valence-electron chi connectivity index (χ4n) is 10.0. The summed E-state index contributed by atoms with van der Waals surface area (Å²) < 4.78 is 52.2. The summed E-state index contributed by atoms with van der Waals surface area (Å²) in [5.41, 5.74) is 12.3. The van der Waals surface area contributed by atoms with Crippen molar-refractivity contribution in [3.8, 4) is 0 Å². The first kappa shape index (κ1) is 58.4. The Morgan fingerprint density at radius 2 is 1.73 bits per heavy atom. The van der Waals surface area contributed by atoms with Gasteiger partial charge in [0.1, 0.15) is 25.3 Å². The first-order valence-corrected chi connectivity index (χ1v) is 30.3. The quantitative estimate of drug-likeness (QED) is 0.0303. The molecule has 26 nitrogen and oxygen atoms in total. The summed E-state index contributed by atoms with van der Waals surface area (Å²) in [7, 11) is -5.60. The molecule has 3 amide bonds. The molecule has 78 heavy (non-hydrogen) atoms. The highest BCUT2D eigenvalue weighted by Gasteiger charge is 2.50. The molecule has 0 saturated carbocycles. The van der Waals surface area contributed by atoms with Crippen molar-refractivity contribution in [1.82, 2.24) is 39.6 Å². The Bertz CT molecular complexity index is 3520. The van der Waals surface area contributed by atoms with Crippen LogP contribution in [0.3, 0.4) is 0 Å². The maximum Gasteiger partial charge on any atom is 0.488 e. The van der Waals surface area contributed by atoms with Crippen LogP contribution in [0.25, 0.3) is 16.7 Å². The summed E-state index contributed by atoms with van der Waals surface area (Å²) in [6, 6.07) is 18.9. The van der Waals surface area contributed by atoms with Gasteiger partial charge in [-0.15, -0.1) is 0 Å². The van der Waals surface area contributed by atoms with Crippen LogP contribution in [0, 0.1) is 0 Å². The van der Waals surface area contributed by atoms with Gasteiger partial charge < -0.3 is 60.3 Å². The van der Waals surface area contributed by atoms with E-state index < -0.39 is 65.2 Å². The van der Waals surface area contributed by atoms with Gasteiger partial charge in [0, 0.05) is 81.9 Å². The van der Waals surface area contributed by atoms with Crippen LogP contribution in [0.2, 0.25) is 0 Å². The minimum absolute atomic E-state index is 0.0287. The second kappa shape index (κ2) is 23.1. The largest absolute Gasteiger partial charge is 0.488 e. The molecule has 4 heterocycles. The van der Waals surface area contributed by atoms with E-state index >= 15 is 0 Å². The summed E-state index contributed by atoms with van der Waals surface area (Å²) in [6.45, 7) is 2.60. The van der Waals surface area contributed by atoms with Crippen molar-refractivity contribution in [3.63, 3.8) is 0 Å². The average molecular weight is 1160 g/mol. The van der Waals surface area contributed by atoms with Crippen LogP contribution < -0.4 is 42.0 Å². The standard InChI is InChI=1S/C48H61N10O16P3S/c1-7-57-21-10-12-27-22-32-34(24-35(27)57)48(2,3)33-23-28(55(4)5)16-17-31(33)38(32)29-13-8-9-14-30(29)44(62)56(6)20-11-15-37(59)50-18-19-51-47(63)72-41-36(25-70-75(64,65)73-76(66,67)74-77(68,69)78)71-45(40(41)60)58-26-52-39-42(58)53-46(49)54-43(39)61/h8-9,13-14,16-17,22-24,26,36,40-41,45,60H,7,10-12,15,18-21,25H2,1-6H3,(H8-,49,50,51,53,54,59,61,63,64,65,66,67,68,69,78)/p+1/t36-,40-,41-,45-/m1/s1. The van der Waals surface area contributed by atoms with Gasteiger partial charge >= 0.3 is 28.5 Å². The molecular weight excluding hydrogens is 1100 g/mol. The van der Waals surface area contributed by atoms with Crippen LogP contribution in [0.5, 0.6) is 0 Å². The third-order valence-electron chi connectivity index (χ3n) is 13.7. The molecule has 3 aromatic carbocycles. The van der Waals surface area contributed by atoms with Gasteiger partial charge in [-0.2, -0.15) is 9.29 Å². The van der Waals surface area contributed by atoms with Gasteiger partial charge in [0.15, 0.2) is 23.5 Å². The number of H-pyrrole nitrogens is 1. The van der Waals surface area contributed by atoms with Crippen molar-refractivity contribution in [2.75, 3.05) is 71.1 Å². The number of imidazole rings is 1. The van der Waals surface area contributed by atoms with Crippen molar-refractivity contribution in [3.05, 3.63) is 115 Å². The van der Waals surface area contributed by atoms with Crippen molar-refractivity contribution in [1.29, 1.82) is 0 Å². The van der Waals surface area contributed by atoms with Crippen LogP contribution >= 0.6 is 22.4 Å². The molecule has 0 radical (unpaired) electrons. The number of anilines is 2. The molecule has 6 atom stereocenters. The fourth-order valence-corrected chi connectivity index (χ4v) is 13.8. The van der Waals surface area contributed by atoms with Gasteiger partial charge in [-0.05, 0) is 88.9 Å². The molecule has 1 fully saturated rings. The number of aliphatic hydroxyl groups excluding tert-OH is 1. The van der Waals surface area contributed by atoms with Crippen LogP contribution in [0.15, 0.2) is 65.7 Å². The summed E-state index contributed by atoms with van der Waals surface area (Å²) in [5, 5.41) is 18.8. The number of aryl methyl sites for hydroxylation is 1. The molecule has 8 rings (SSSR count). The molecule has 0 spiro atoms. The minimum atomic E-state index is -5.71. The van der Waals surface area contributed by atoms with E-state index in [4.69, 9.17) is 19.7 Å².